The van der Waals surface area contributed by atoms with Crippen molar-refractivity contribution >= 4 is 32.5 Å². The van der Waals surface area contributed by atoms with Crippen molar-refractivity contribution in [2.45, 2.75) is 13.8 Å². The van der Waals surface area contributed by atoms with Gasteiger partial charge in [-0.3, -0.25) is 10.1 Å². The number of hydrogen-bond acceptors (Lipinski definition) is 4. The maximum atomic E-state index is 11.4. The fraction of sp³-hybridized carbons (Fsp3) is 0.143. The van der Waals surface area contributed by atoms with E-state index in [9.17, 15) is 10.1 Å². The Morgan fingerprint density at radius 1 is 1.29 bits per heavy atom. The SMILES string of the molecule is Cc1nn(-c2c([N+](=O)[O-])cnc3ccccc23)c(C)c1Br. The molecule has 1 aromatic carbocycles. The van der Waals surface area contributed by atoms with Gasteiger partial charge in [-0.25, -0.2) is 9.67 Å². The fourth-order valence-corrected chi connectivity index (χ4v) is 2.56. The average molecular weight is 347 g/mol. The highest BCUT2D eigenvalue weighted by molar-refractivity contribution is 9.10. The molecule has 0 atom stereocenters. The van der Waals surface area contributed by atoms with Gasteiger partial charge in [-0.1, -0.05) is 18.2 Å². The first-order chi connectivity index (χ1) is 10.0. The van der Waals surface area contributed by atoms with Gasteiger partial charge in [0, 0.05) is 5.39 Å². The van der Waals surface area contributed by atoms with Gasteiger partial charge in [0.15, 0.2) is 5.69 Å². The minimum Gasteiger partial charge on any atom is -0.258 e. The molecule has 0 aliphatic heterocycles. The van der Waals surface area contributed by atoms with Crippen LogP contribution in [0.15, 0.2) is 34.9 Å². The van der Waals surface area contributed by atoms with Gasteiger partial charge in [0.2, 0.25) is 0 Å². The molecule has 0 aliphatic carbocycles. The quantitative estimate of drug-likeness (QED) is 0.523. The molecule has 2 aromatic heterocycles. The third-order valence-electron chi connectivity index (χ3n) is 3.34. The number of para-hydroxylation sites is 1. The van der Waals surface area contributed by atoms with Crippen LogP contribution in [0.4, 0.5) is 5.69 Å². The molecule has 0 radical (unpaired) electrons. The van der Waals surface area contributed by atoms with Crippen molar-refractivity contribution in [3.05, 3.63) is 56.4 Å². The van der Waals surface area contributed by atoms with Crippen LogP contribution in [0.2, 0.25) is 0 Å². The number of hydrogen-bond donors (Lipinski definition) is 0. The largest absolute Gasteiger partial charge is 0.313 e. The molecule has 0 aliphatic rings. The number of nitro groups is 1. The third kappa shape index (κ3) is 2.09. The van der Waals surface area contributed by atoms with E-state index in [1.165, 1.54) is 6.20 Å². The van der Waals surface area contributed by atoms with Crippen molar-refractivity contribution in [2.24, 2.45) is 0 Å². The van der Waals surface area contributed by atoms with Gasteiger partial charge in [-0.05, 0) is 35.8 Å². The smallest absolute Gasteiger partial charge is 0.258 e. The molecular weight excluding hydrogens is 336 g/mol. The second-order valence-electron chi connectivity index (χ2n) is 4.66. The van der Waals surface area contributed by atoms with Gasteiger partial charge < -0.3 is 0 Å². The number of nitrogens with zero attached hydrogens (tertiary/aromatic N) is 4. The van der Waals surface area contributed by atoms with Crippen molar-refractivity contribution in [1.82, 2.24) is 14.8 Å². The molecule has 6 nitrogen and oxygen atoms in total. The van der Waals surface area contributed by atoms with Crippen molar-refractivity contribution in [2.75, 3.05) is 0 Å². The molecular formula is C14H11BrN4O2. The zero-order valence-electron chi connectivity index (χ0n) is 11.4. The summed E-state index contributed by atoms with van der Waals surface area (Å²) in [5.74, 6) is 0. The van der Waals surface area contributed by atoms with Crippen LogP contribution in [-0.2, 0) is 0 Å². The number of pyridine rings is 1. The molecule has 0 amide bonds. The molecule has 0 spiro atoms. The van der Waals surface area contributed by atoms with E-state index in [-0.39, 0.29) is 5.69 Å². The Bertz CT molecular complexity index is 873. The third-order valence-corrected chi connectivity index (χ3v) is 4.49. The van der Waals surface area contributed by atoms with Crippen LogP contribution >= 0.6 is 15.9 Å². The molecule has 7 heteroatoms. The summed E-state index contributed by atoms with van der Waals surface area (Å²) in [5, 5.41) is 16.5. The van der Waals surface area contributed by atoms with Crippen molar-refractivity contribution in [1.29, 1.82) is 0 Å². The highest BCUT2D eigenvalue weighted by Gasteiger charge is 2.23. The molecule has 0 N–H and O–H groups in total. The highest BCUT2D eigenvalue weighted by atomic mass is 79.9. The summed E-state index contributed by atoms with van der Waals surface area (Å²) < 4.78 is 2.44. The normalized spacial score (nSPS) is 11.0. The summed E-state index contributed by atoms with van der Waals surface area (Å²) in [6.07, 6.45) is 1.28. The monoisotopic (exact) mass is 346 g/mol. The molecule has 0 saturated carbocycles. The van der Waals surface area contributed by atoms with Gasteiger partial charge in [-0.15, -0.1) is 0 Å². The van der Waals surface area contributed by atoms with Crippen molar-refractivity contribution in [3.8, 4) is 5.69 Å². The highest BCUT2D eigenvalue weighted by Crippen LogP contribution is 2.32. The maximum Gasteiger partial charge on any atom is 0.313 e. The number of aryl methyl sites for hydroxylation is 1. The number of aromatic nitrogens is 3. The molecule has 0 saturated heterocycles. The molecule has 0 bridgehead atoms. The van der Waals surface area contributed by atoms with Gasteiger partial charge in [0.05, 0.1) is 26.3 Å². The van der Waals surface area contributed by atoms with Gasteiger partial charge in [0.1, 0.15) is 6.20 Å². The summed E-state index contributed by atoms with van der Waals surface area (Å²) in [4.78, 5) is 15.1. The second-order valence-corrected chi connectivity index (χ2v) is 5.46. The minimum absolute atomic E-state index is 0.0631. The maximum absolute atomic E-state index is 11.4. The van der Waals surface area contributed by atoms with Crippen LogP contribution in [-0.4, -0.2) is 19.7 Å². The van der Waals surface area contributed by atoms with Crippen LogP contribution < -0.4 is 0 Å². The number of halogens is 1. The lowest BCUT2D eigenvalue weighted by Gasteiger charge is -2.09. The van der Waals surface area contributed by atoms with E-state index in [2.05, 4.69) is 26.0 Å². The van der Waals surface area contributed by atoms with E-state index in [1.807, 2.05) is 38.1 Å². The summed E-state index contributed by atoms with van der Waals surface area (Å²) in [6.45, 7) is 3.71. The lowest BCUT2D eigenvalue weighted by atomic mass is 10.1. The minimum atomic E-state index is -0.431. The topological polar surface area (TPSA) is 73.8 Å². The summed E-state index contributed by atoms with van der Waals surface area (Å²) >= 11 is 3.45. The zero-order valence-corrected chi connectivity index (χ0v) is 13.0. The average Bonchev–Trinajstić information content (AvgIpc) is 2.73. The molecule has 21 heavy (non-hydrogen) atoms. The summed E-state index contributed by atoms with van der Waals surface area (Å²) in [5.41, 5.74) is 2.67. The Labute approximate surface area is 128 Å². The standard InChI is InChI=1S/C14H11BrN4O2/c1-8-13(15)9(2)18(17-8)14-10-5-3-4-6-11(10)16-7-12(14)19(20)21/h3-7H,1-2H3. The zero-order chi connectivity index (χ0) is 15.1. The van der Waals surface area contributed by atoms with Gasteiger partial charge in [0.25, 0.3) is 0 Å². The van der Waals surface area contributed by atoms with E-state index in [0.29, 0.717) is 16.6 Å². The van der Waals surface area contributed by atoms with Crippen molar-refractivity contribution < 1.29 is 4.92 Å². The lowest BCUT2D eigenvalue weighted by Crippen LogP contribution is -2.05. The second kappa shape index (κ2) is 4.92. The number of benzene rings is 1. The Hall–Kier alpha value is -2.28. The predicted octanol–water partition coefficient (Wildman–Crippen LogP) is 3.71. The summed E-state index contributed by atoms with van der Waals surface area (Å²) in [7, 11) is 0. The summed E-state index contributed by atoms with van der Waals surface area (Å²) in [6, 6.07) is 7.32. The van der Waals surface area contributed by atoms with Crippen LogP contribution in [0.5, 0.6) is 0 Å². The molecule has 0 unspecified atom stereocenters. The first-order valence-corrected chi connectivity index (χ1v) is 7.04. The van der Waals surface area contributed by atoms with Crippen LogP contribution in [0.1, 0.15) is 11.4 Å². The van der Waals surface area contributed by atoms with E-state index in [0.717, 1.165) is 15.9 Å². The van der Waals surface area contributed by atoms with E-state index < -0.39 is 4.92 Å². The number of rotatable bonds is 2. The van der Waals surface area contributed by atoms with Crippen LogP contribution in [0, 0.1) is 24.0 Å². The number of fused-ring (bicyclic) bond motifs is 1. The lowest BCUT2D eigenvalue weighted by molar-refractivity contribution is -0.384. The Morgan fingerprint density at radius 2 is 2.00 bits per heavy atom. The van der Waals surface area contributed by atoms with Crippen LogP contribution in [0.3, 0.4) is 0 Å². The molecule has 106 valence electrons. The molecule has 0 fully saturated rings. The predicted molar refractivity (Wildman–Crippen MR) is 82.7 cm³/mol. The van der Waals surface area contributed by atoms with Crippen molar-refractivity contribution in [3.63, 3.8) is 0 Å². The fourth-order valence-electron chi connectivity index (χ4n) is 2.31. The molecule has 3 rings (SSSR count). The van der Waals surface area contributed by atoms with Crippen LogP contribution in [0.25, 0.3) is 16.6 Å². The molecule has 2 heterocycles. The van der Waals surface area contributed by atoms with E-state index >= 15 is 0 Å². The first-order valence-electron chi connectivity index (χ1n) is 6.25. The van der Waals surface area contributed by atoms with E-state index in [1.54, 1.807) is 4.68 Å². The van der Waals surface area contributed by atoms with Gasteiger partial charge in [-0.2, -0.15) is 5.10 Å². The van der Waals surface area contributed by atoms with Gasteiger partial charge >= 0.3 is 5.69 Å². The van der Waals surface area contributed by atoms with E-state index in [4.69, 9.17) is 0 Å². The Morgan fingerprint density at radius 3 is 2.62 bits per heavy atom. The first kappa shape index (κ1) is 13.7. The molecule has 3 aromatic rings. The Balaban J connectivity index is 2.46. The Kier molecular flexibility index (Phi) is 3.21.